The van der Waals surface area contributed by atoms with Crippen LogP contribution in [0.4, 0.5) is 0 Å². The van der Waals surface area contributed by atoms with Gasteiger partial charge in [-0.15, -0.1) is 0 Å². The Balaban J connectivity index is 2.70. The van der Waals surface area contributed by atoms with E-state index in [9.17, 15) is 0 Å². The summed E-state index contributed by atoms with van der Waals surface area (Å²) in [5.41, 5.74) is 7.31. The number of halogens is 1. The third kappa shape index (κ3) is 5.13. The minimum Gasteiger partial charge on any atom is -0.329 e. The third-order valence-corrected chi connectivity index (χ3v) is 4.15. The Morgan fingerprint density at radius 3 is 2.32 bits per heavy atom. The van der Waals surface area contributed by atoms with Gasteiger partial charge in [-0.1, -0.05) is 37.6 Å². The summed E-state index contributed by atoms with van der Waals surface area (Å²) < 4.78 is 0. The Hall–Kier alpha value is -0.570. The molecule has 0 heterocycles. The highest BCUT2D eigenvalue weighted by Crippen LogP contribution is 2.21. The topological polar surface area (TPSA) is 29.3 Å². The predicted molar refractivity (Wildman–Crippen MR) is 84.7 cm³/mol. The summed E-state index contributed by atoms with van der Waals surface area (Å²) in [7, 11) is 2.17. The number of nitrogens with two attached hydrogens (primary N) is 1. The Morgan fingerprint density at radius 1 is 1.26 bits per heavy atom. The summed E-state index contributed by atoms with van der Waals surface area (Å²) in [5.74, 6) is 0.722. The van der Waals surface area contributed by atoms with Gasteiger partial charge in [-0.05, 0) is 57.0 Å². The fourth-order valence-electron chi connectivity index (χ4n) is 2.13. The third-order valence-electron chi connectivity index (χ3n) is 3.90. The molecule has 2 N–H and O–H groups in total. The Bertz CT molecular complexity index is 375. The van der Waals surface area contributed by atoms with Gasteiger partial charge in [0, 0.05) is 17.1 Å². The highest BCUT2D eigenvalue weighted by molar-refractivity contribution is 6.30. The van der Waals surface area contributed by atoms with Crippen molar-refractivity contribution in [1.29, 1.82) is 0 Å². The minimum atomic E-state index is 0.00270. The lowest BCUT2D eigenvalue weighted by molar-refractivity contribution is 0.137. The number of likely N-dealkylation sites (N-methyl/N-ethyl adjacent to an activating group) is 1. The van der Waals surface area contributed by atoms with Crippen molar-refractivity contribution in [2.24, 2.45) is 11.7 Å². The molecule has 0 amide bonds. The Morgan fingerprint density at radius 2 is 1.84 bits per heavy atom. The number of rotatable bonds is 7. The van der Waals surface area contributed by atoms with Gasteiger partial charge in [0.2, 0.25) is 0 Å². The van der Waals surface area contributed by atoms with E-state index in [2.05, 4.69) is 44.9 Å². The van der Waals surface area contributed by atoms with E-state index >= 15 is 0 Å². The van der Waals surface area contributed by atoms with Gasteiger partial charge >= 0.3 is 0 Å². The van der Waals surface area contributed by atoms with Crippen molar-refractivity contribution in [2.75, 3.05) is 20.1 Å². The van der Waals surface area contributed by atoms with Crippen LogP contribution in [0.25, 0.3) is 0 Å². The van der Waals surface area contributed by atoms with Crippen LogP contribution in [0.2, 0.25) is 5.02 Å². The monoisotopic (exact) mass is 282 g/mol. The average molecular weight is 283 g/mol. The molecule has 0 aliphatic rings. The molecular weight excluding hydrogens is 256 g/mol. The van der Waals surface area contributed by atoms with Crippen LogP contribution < -0.4 is 5.73 Å². The maximum absolute atomic E-state index is 6.02. The maximum atomic E-state index is 6.02. The SMILES string of the molecule is CC(C)CCN(C)C(C)(CN)Cc1ccc(Cl)cc1. The molecule has 3 heteroatoms. The van der Waals surface area contributed by atoms with Crippen LogP contribution >= 0.6 is 11.6 Å². The lowest BCUT2D eigenvalue weighted by atomic mass is 9.90. The van der Waals surface area contributed by atoms with Crippen molar-refractivity contribution in [3.05, 3.63) is 34.9 Å². The van der Waals surface area contributed by atoms with E-state index in [-0.39, 0.29) is 5.54 Å². The zero-order chi connectivity index (χ0) is 14.5. The first-order chi connectivity index (χ1) is 8.87. The summed E-state index contributed by atoms with van der Waals surface area (Å²) in [6, 6.07) is 8.07. The molecule has 0 bridgehead atoms. The van der Waals surface area contributed by atoms with E-state index in [1.54, 1.807) is 0 Å². The molecule has 1 aromatic rings. The Kier molecular flexibility index (Phi) is 6.31. The molecule has 0 saturated carbocycles. The van der Waals surface area contributed by atoms with Gasteiger partial charge in [-0.3, -0.25) is 4.90 Å². The van der Waals surface area contributed by atoms with Gasteiger partial charge in [0.15, 0.2) is 0 Å². The van der Waals surface area contributed by atoms with Crippen LogP contribution in [0.5, 0.6) is 0 Å². The van der Waals surface area contributed by atoms with Gasteiger partial charge in [-0.25, -0.2) is 0 Å². The molecule has 0 fully saturated rings. The molecule has 1 rings (SSSR count). The normalized spacial score (nSPS) is 14.9. The highest BCUT2D eigenvalue weighted by atomic mass is 35.5. The van der Waals surface area contributed by atoms with Crippen LogP contribution in [0.15, 0.2) is 24.3 Å². The molecule has 0 spiro atoms. The zero-order valence-corrected chi connectivity index (χ0v) is 13.4. The van der Waals surface area contributed by atoms with Crippen LogP contribution in [0.3, 0.4) is 0 Å². The summed E-state index contributed by atoms with van der Waals surface area (Å²) in [4.78, 5) is 2.39. The lowest BCUT2D eigenvalue weighted by Crippen LogP contribution is -2.51. The van der Waals surface area contributed by atoms with Gasteiger partial charge < -0.3 is 5.73 Å². The van der Waals surface area contributed by atoms with Gasteiger partial charge in [0.1, 0.15) is 0 Å². The highest BCUT2D eigenvalue weighted by Gasteiger charge is 2.27. The van der Waals surface area contributed by atoms with Crippen LogP contribution in [0, 0.1) is 5.92 Å². The van der Waals surface area contributed by atoms with Gasteiger partial charge in [0.05, 0.1) is 0 Å². The first-order valence-corrected chi connectivity index (χ1v) is 7.41. The first kappa shape index (κ1) is 16.5. The molecule has 1 atom stereocenters. The summed E-state index contributed by atoms with van der Waals surface area (Å²) in [6.07, 6.45) is 2.15. The zero-order valence-electron chi connectivity index (χ0n) is 12.6. The van der Waals surface area contributed by atoms with Crippen LogP contribution in [0.1, 0.15) is 32.8 Å². The van der Waals surface area contributed by atoms with Gasteiger partial charge in [-0.2, -0.15) is 0 Å². The number of nitrogens with zero attached hydrogens (tertiary/aromatic N) is 1. The number of hydrogen-bond acceptors (Lipinski definition) is 2. The van der Waals surface area contributed by atoms with Crippen molar-refractivity contribution in [2.45, 2.75) is 39.2 Å². The maximum Gasteiger partial charge on any atom is 0.0406 e. The number of benzene rings is 1. The van der Waals surface area contributed by atoms with E-state index in [0.29, 0.717) is 6.54 Å². The minimum absolute atomic E-state index is 0.00270. The van der Waals surface area contributed by atoms with Crippen LogP contribution in [-0.2, 0) is 6.42 Å². The van der Waals surface area contributed by atoms with Crippen molar-refractivity contribution in [3.8, 4) is 0 Å². The molecule has 0 aliphatic carbocycles. The molecule has 0 aliphatic heterocycles. The number of hydrogen-bond donors (Lipinski definition) is 1. The van der Waals surface area contributed by atoms with E-state index in [4.69, 9.17) is 17.3 Å². The molecule has 1 unspecified atom stereocenters. The van der Waals surface area contributed by atoms with Crippen molar-refractivity contribution in [3.63, 3.8) is 0 Å². The fraction of sp³-hybridized carbons (Fsp3) is 0.625. The predicted octanol–water partition coefficient (Wildman–Crippen LogP) is 3.58. The molecule has 1 aromatic carbocycles. The average Bonchev–Trinajstić information content (AvgIpc) is 2.38. The van der Waals surface area contributed by atoms with E-state index in [0.717, 1.165) is 23.9 Å². The standard InChI is InChI=1S/C16H27ClN2/c1-13(2)9-10-19(4)16(3,12-18)11-14-5-7-15(17)8-6-14/h5-8,13H,9-12,18H2,1-4H3. The molecule has 2 nitrogen and oxygen atoms in total. The molecular formula is C16H27ClN2. The smallest absolute Gasteiger partial charge is 0.0406 e. The molecule has 0 saturated heterocycles. The summed E-state index contributed by atoms with van der Waals surface area (Å²) >= 11 is 5.93. The Labute approximate surface area is 122 Å². The second-order valence-corrected chi connectivity index (χ2v) is 6.54. The van der Waals surface area contributed by atoms with E-state index in [1.807, 2.05) is 12.1 Å². The van der Waals surface area contributed by atoms with Gasteiger partial charge in [0.25, 0.3) is 0 Å². The second kappa shape index (κ2) is 7.28. The first-order valence-electron chi connectivity index (χ1n) is 7.03. The lowest BCUT2D eigenvalue weighted by Gasteiger charge is -2.38. The summed E-state index contributed by atoms with van der Waals surface area (Å²) in [5, 5.41) is 0.784. The van der Waals surface area contributed by atoms with Crippen molar-refractivity contribution >= 4 is 11.6 Å². The molecule has 108 valence electrons. The van der Waals surface area contributed by atoms with Crippen molar-refractivity contribution in [1.82, 2.24) is 4.90 Å². The molecule has 0 radical (unpaired) electrons. The van der Waals surface area contributed by atoms with E-state index < -0.39 is 0 Å². The second-order valence-electron chi connectivity index (χ2n) is 6.11. The quantitative estimate of drug-likeness (QED) is 0.828. The molecule has 0 aromatic heterocycles. The van der Waals surface area contributed by atoms with Crippen molar-refractivity contribution < 1.29 is 0 Å². The summed E-state index contributed by atoms with van der Waals surface area (Å²) in [6.45, 7) is 8.49. The molecule has 19 heavy (non-hydrogen) atoms. The fourth-order valence-corrected chi connectivity index (χ4v) is 2.25. The largest absolute Gasteiger partial charge is 0.329 e. The van der Waals surface area contributed by atoms with Crippen LogP contribution in [-0.4, -0.2) is 30.6 Å². The van der Waals surface area contributed by atoms with E-state index in [1.165, 1.54) is 12.0 Å².